The molecule has 7 heteroatoms. The van der Waals surface area contributed by atoms with Crippen LogP contribution in [0.25, 0.3) is 0 Å². The largest absolute Gasteiger partial charge is 0.478 e. The number of aliphatic hydroxyl groups is 1. The van der Waals surface area contributed by atoms with E-state index in [0.29, 0.717) is 22.2 Å². The number of fused-ring (bicyclic) bond motifs is 1. The molecular formula is C25H34N2O4S. The van der Waals surface area contributed by atoms with Crippen LogP contribution in [-0.4, -0.2) is 42.0 Å². The maximum absolute atomic E-state index is 12.2. The first-order valence-electron chi connectivity index (χ1n) is 11.3. The van der Waals surface area contributed by atoms with Gasteiger partial charge in [0.15, 0.2) is 6.23 Å². The van der Waals surface area contributed by atoms with Gasteiger partial charge in [0.1, 0.15) is 5.00 Å². The highest BCUT2D eigenvalue weighted by atomic mass is 32.1. The highest BCUT2D eigenvalue weighted by molar-refractivity contribution is 7.17. The number of rotatable bonds is 7. The first-order valence-corrected chi connectivity index (χ1v) is 12.1. The van der Waals surface area contributed by atoms with Gasteiger partial charge in [-0.15, -0.1) is 11.3 Å². The summed E-state index contributed by atoms with van der Waals surface area (Å²) in [5.74, 6) is -0.942. The smallest absolute Gasteiger partial charge is 0.338 e. The zero-order chi connectivity index (χ0) is 23.3. The monoisotopic (exact) mass is 458 g/mol. The van der Waals surface area contributed by atoms with Crippen LogP contribution in [0, 0.1) is 5.41 Å². The molecule has 1 atom stereocenters. The maximum atomic E-state index is 12.2. The van der Waals surface area contributed by atoms with Crippen molar-refractivity contribution in [2.45, 2.75) is 65.2 Å². The van der Waals surface area contributed by atoms with Crippen LogP contribution in [0.3, 0.4) is 0 Å². The summed E-state index contributed by atoms with van der Waals surface area (Å²) in [7, 11) is 0. The van der Waals surface area contributed by atoms with Gasteiger partial charge in [0, 0.05) is 35.8 Å². The Hall–Kier alpha value is -2.09. The lowest BCUT2D eigenvalue weighted by atomic mass is 9.65. The average Bonchev–Trinajstić information content (AvgIpc) is 3.01. The molecule has 0 bridgehead atoms. The molecule has 174 valence electrons. The molecule has 2 heterocycles. The van der Waals surface area contributed by atoms with Crippen LogP contribution in [0.2, 0.25) is 0 Å². The molecule has 4 rings (SSSR count). The van der Waals surface area contributed by atoms with E-state index in [2.05, 4.69) is 37.9 Å². The fourth-order valence-electron chi connectivity index (χ4n) is 5.39. The molecule has 1 aromatic heterocycles. The van der Waals surface area contributed by atoms with Gasteiger partial charge in [-0.25, -0.2) is 4.79 Å². The topological polar surface area (TPSA) is 82.0 Å². The van der Waals surface area contributed by atoms with E-state index in [9.17, 15) is 15.0 Å². The molecule has 1 unspecified atom stereocenters. The van der Waals surface area contributed by atoms with Crippen LogP contribution >= 0.6 is 11.3 Å². The molecule has 0 radical (unpaired) electrons. The Morgan fingerprint density at radius 1 is 1.25 bits per heavy atom. The molecule has 1 fully saturated rings. The van der Waals surface area contributed by atoms with E-state index in [1.165, 1.54) is 11.3 Å². The first-order chi connectivity index (χ1) is 15.0. The molecule has 1 aliphatic carbocycles. The standard InChI is InChI=1S/C25H34N2O4S/c1-6-31-17-12-27(13-17)16-9-7-15(8-10-16)21(28)26-22-19(23(29)30)18-11-24(2,3)14-25(4,5)20(18)32-22/h7-10,17,21,26,28H,6,11-14H2,1-5H3,(H,29,30). The summed E-state index contributed by atoms with van der Waals surface area (Å²) in [6.07, 6.45) is 1.04. The number of ether oxygens (including phenoxy) is 1. The lowest BCUT2D eigenvalue weighted by molar-refractivity contribution is 0.0430. The molecule has 0 saturated carbocycles. The van der Waals surface area contributed by atoms with Crippen molar-refractivity contribution in [3.63, 3.8) is 0 Å². The van der Waals surface area contributed by atoms with Gasteiger partial charge in [0.2, 0.25) is 0 Å². The zero-order valence-electron chi connectivity index (χ0n) is 19.6. The summed E-state index contributed by atoms with van der Waals surface area (Å²) >= 11 is 1.47. The van der Waals surface area contributed by atoms with Gasteiger partial charge in [0.05, 0.1) is 11.7 Å². The second kappa shape index (κ2) is 8.36. The second-order valence-corrected chi connectivity index (χ2v) is 11.5. The van der Waals surface area contributed by atoms with E-state index in [-0.39, 0.29) is 10.8 Å². The fraction of sp³-hybridized carbons (Fsp3) is 0.560. The van der Waals surface area contributed by atoms with Crippen LogP contribution < -0.4 is 10.2 Å². The summed E-state index contributed by atoms with van der Waals surface area (Å²) in [4.78, 5) is 15.5. The van der Waals surface area contributed by atoms with Crippen LogP contribution in [0.1, 0.15) is 73.6 Å². The molecule has 0 amide bonds. The number of carboxylic acid groups (broad SMARTS) is 1. The minimum absolute atomic E-state index is 0.0333. The second-order valence-electron chi connectivity index (χ2n) is 10.4. The molecule has 6 nitrogen and oxygen atoms in total. The highest BCUT2D eigenvalue weighted by Crippen LogP contribution is 2.52. The minimum atomic E-state index is -0.981. The summed E-state index contributed by atoms with van der Waals surface area (Å²) in [5.41, 5.74) is 2.96. The highest BCUT2D eigenvalue weighted by Gasteiger charge is 2.42. The molecule has 1 aliphatic heterocycles. The Morgan fingerprint density at radius 3 is 2.50 bits per heavy atom. The van der Waals surface area contributed by atoms with Crippen LogP contribution in [0.5, 0.6) is 0 Å². The average molecular weight is 459 g/mol. The number of carbonyl (C=O) groups is 1. The third-order valence-corrected chi connectivity index (χ3v) is 8.03. The molecule has 2 aromatic rings. The van der Waals surface area contributed by atoms with Crippen molar-refractivity contribution < 1.29 is 19.7 Å². The third kappa shape index (κ3) is 4.38. The Bertz CT molecular complexity index is 990. The van der Waals surface area contributed by atoms with Crippen LogP contribution in [0.15, 0.2) is 24.3 Å². The number of aliphatic hydroxyl groups excluding tert-OH is 1. The summed E-state index contributed by atoms with van der Waals surface area (Å²) in [6.45, 7) is 13.2. The van der Waals surface area contributed by atoms with E-state index in [4.69, 9.17) is 4.74 Å². The Labute approximate surface area is 194 Å². The number of hydrogen-bond donors (Lipinski definition) is 3. The van der Waals surface area contributed by atoms with Crippen molar-refractivity contribution >= 4 is 28.0 Å². The van der Waals surface area contributed by atoms with Gasteiger partial charge in [0.25, 0.3) is 0 Å². The molecule has 0 spiro atoms. The molecule has 1 aromatic carbocycles. The molecule has 3 N–H and O–H groups in total. The summed E-state index contributed by atoms with van der Waals surface area (Å²) < 4.78 is 5.61. The van der Waals surface area contributed by atoms with Gasteiger partial charge >= 0.3 is 5.97 Å². The predicted molar refractivity (Wildman–Crippen MR) is 129 cm³/mol. The minimum Gasteiger partial charge on any atom is -0.478 e. The van der Waals surface area contributed by atoms with Gasteiger partial charge in [-0.3, -0.25) is 0 Å². The number of anilines is 2. The Morgan fingerprint density at radius 2 is 1.91 bits per heavy atom. The summed E-state index contributed by atoms with van der Waals surface area (Å²) in [5, 5.41) is 24.5. The predicted octanol–water partition coefficient (Wildman–Crippen LogP) is 5.02. The first kappa shape index (κ1) is 23.1. The number of nitrogens with one attached hydrogen (secondary N) is 1. The third-order valence-electron chi connectivity index (χ3n) is 6.50. The van der Waals surface area contributed by atoms with Gasteiger partial charge < -0.3 is 25.2 Å². The SMILES string of the molecule is CCOC1CN(c2ccc(C(O)Nc3sc4c(c3C(=O)O)CC(C)(C)CC4(C)C)cc2)C1. The number of aromatic carboxylic acids is 1. The van der Waals surface area contributed by atoms with Crippen molar-refractivity contribution in [3.05, 3.63) is 45.8 Å². The fourth-order valence-corrected chi connectivity index (χ4v) is 6.72. The van der Waals surface area contributed by atoms with Crippen molar-refractivity contribution in [1.82, 2.24) is 0 Å². The quantitative estimate of drug-likeness (QED) is 0.505. The van der Waals surface area contributed by atoms with Crippen molar-refractivity contribution in [3.8, 4) is 0 Å². The number of thiophene rings is 1. The molecule has 2 aliphatic rings. The number of hydrogen-bond acceptors (Lipinski definition) is 6. The van der Waals surface area contributed by atoms with Gasteiger partial charge in [-0.2, -0.15) is 0 Å². The van der Waals surface area contributed by atoms with E-state index in [1.54, 1.807) is 0 Å². The van der Waals surface area contributed by atoms with Crippen molar-refractivity contribution in [2.75, 3.05) is 29.9 Å². The normalized spacial score (nSPS) is 20.4. The van der Waals surface area contributed by atoms with Gasteiger partial charge in [-0.1, -0.05) is 39.8 Å². The van der Waals surface area contributed by atoms with Crippen LogP contribution in [0.4, 0.5) is 10.7 Å². The zero-order valence-corrected chi connectivity index (χ0v) is 20.4. The molecule has 1 saturated heterocycles. The lowest BCUT2D eigenvalue weighted by Gasteiger charge is -2.40. The Kier molecular flexibility index (Phi) is 6.03. The van der Waals surface area contributed by atoms with Crippen molar-refractivity contribution in [2.24, 2.45) is 5.41 Å². The summed E-state index contributed by atoms with van der Waals surface area (Å²) in [6, 6.07) is 7.77. The van der Waals surface area contributed by atoms with E-state index < -0.39 is 12.2 Å². The van der Waals surface area contributed by atoms with E-state index in [1.807, 2.05) is 31.2 Å². The number of benzene rings is 1. The number of nitrogens with zero attached hydrogens (tertiary/aromatic N) is 1. The molecule has 32 heavy (non-hydrogen) atoms. The lowest BCUT2D eigenvalue weighted by Crippen LogP contribution is -2.52. The van der Waals surface area contributed by atoms with E-state index >= 15 is 0 Å². The van der Waals surface area contributed by atoms with Crippen LogP contribution in [-0.2, 0) is 16.6 Å². The Balaban J connectivity index is 1.53. The van der Waals surface area contributed by atoms with Crippen molar-refractivity contribution in [1.29, 1.82) is 0 Å². The maximum Gasteiger partial charge on any atom is 0.338 e. The van der Waals surface area contributed by atoms with Gasteiger partial charge in [-0.05, 0) is 48.3 Å². The van der Waals surface area contributed by atoms with E-state index in [0.717, 1.165) is 48.7 Å². The number of carboxylic acids is 1. The molecular weight excluding hydrogens is 424 g/mol.